The first-order chi connectivity index (χ1) is 14.5. The summed E-state index contributed by atoms with van der Waals surface area (Å²) in [5.74, 6) is -0.337. The van der Waals surface area contributed by atoms with Crippen molar-refractivity contribution in [2.24, 2.45) is 0 Å². The molecule has 2 saturated heterocycles. The summed E-state index contributed by atoms with van der Waals surface area (Å²) in [5, 5.41) is 2.64. The molecule has 2 unspecified atom stereocenters. The molecule has 2 aliphatic heterocycles. The molecule has 2 aliphatic rings. The molecule has 0 bridgehead atoms. The van der Waals surface area contributed by atoms with E-state index in [-0.39, 0.29) is 30.7 Å². The number of likely N-dealkylation sites (tertiary alicyclic amines) is 1. The summed E-state index contributed by atoms with van der Waals surface area (Å²) in [6.45, 7) is 4.56. The first kappa shape index (κ1) is 20.3. The maximum atomic E-state index is 14.9. The normalized spacial score (nSPS) is 21.7. The Bertz CT molecular complexity index is 921. The molecule has 2 atom stereocenters. The molecule has 158 valence electrons. The highest BCUT2D eigenvalue weighted by molar-refractivity contribution is 5.89. The number of hydrogen-bond donors (Lipinski definition) is 1. The van der Waals surface area contributed by atoms with Crippen molar-refractivity contribution in [2.45, 2.75) is 31.9 Å². The Balaban J connectivity index is 1.39. The number of halogens is 1. The molecule has 0 saturated carbocycles. The van der Waals surface area contributed by atoms with E-state index in [1.807, 2.05) is 18.2 Å². The van der Waals surface area contributed by atoms with E-state index in [0.717, 1.165) is 26.1 Å². The van der Waals surface area contributed by atoms with Crippen LogP contribution in [0.1, 0.15) is 30.4 Å². The lowest BCUT2D eigenvalue weighted by Gasteiger charge is -2.18. The van der Waals surface area contributed by atoms with Gasteiger partial charge in [-0.15, -0.1) is 0 Å². The van der Waals surface area contributed by atoms with Crippen molar-refractivity contribution in [1.29, 1.82) is 0 Å². The quantitative estimate of drug-likeness (QED) is 0.793. The summed E-state index contributed by atoms with van der Waals surface area (Å²) >= 11 is 0. The first-order valence-corrected chi connectivity index (χ1v) is 10.3. The van der Waals surface area contributed by atoms with Gasteiger partial charge in [-0.3, -0.25) is 14.6 Å². The standard InChI is InChI=1S/C23H26FN3O3/c1-16(28)25-12-20-15-27(23(29)30-20)19-7-8-21(22(24)11-19)18-9-10-26(14-18)13-17-5-3-2-4-6-17/h2-8,11,18,20H,9-10,12-15H2,1H3,(H,25,28). The maximum absolute atomic E-state index is 14.9. The Morgan fingerprint density at radius 3 is 2.73 bits per heavy atom. The van der Waals surface area contributed by atoms with Crippen LogP contribution in [0.5, 0.6) is 0 Å². The van der Waals surface area contributed by atoms with Crippen LogP contribution in [0.25, 0.3) is 0 Å². The number of rotatable bonds is 6. The Kier molecular flexibility index (Phi) is 5.99. The average Bonchev–Trinajstić information content (AvgIpc) is 3.33. The van der Waals surface area contributed by atoms with Gasteiger partial charge in [0.25, 0.3) is 0 Å². The highest BCUT2D eigenvalue weighted by atomic mass is 19.1. The van der Waals surface area contributed by atoms with E-state index in [1.165, 1.54) is 23.5 Å². The minimum absolute atomic E-state index is 0.140. The van der Waals surface area contributed by atoms with Crippen molar-refractivity contribution in [3.8, 4) is 0 Å². The van der Waals surface area contributed by atoms with Crippen molar-refractivity contribution in [3.05, 3.63) is 65.5 Å². The monoisotopic (exact) mass is 411 g/mol. The fraction of sp³-hybridized carbons (Fsp3) is 0.391. The van der Waals surface area contributed by atoms with Gasteiger partial charge in [0.15, 0.2) is 0 Å². The summed E-state index contributed by atoms with van der Waals surface area (Å²) in [6.07, 6.45) is -0.0499. The fourth-order valence-electron chi connectivity index (χ4n) is 4.18. The summed E-state index contributed by atoms with van der Waals surface area (Å²) in [4.78, 5) is 27.0. The summed E-state index contributed by atoms with van der Waals surface area (Å²) in [5.41, 5.74) is 2.43. The molecular formula is C23H26FN3O3. The molecule has 4 rings (SSSR count). The van der Waals surface area contributed by atoms with E-state index in [9.17, 15) is 14.0 Å². The summed E-state index contributed by atoms with van der Waals surface area (Å²) < 4.78 is 20.2. The van der Waals surface area contributed by atoms with Crippen molar-refractivity contribution >= 4 is 17.7 Å². The molecule has 2 aromatic rings. The van der Waals surface area contributed by atoms with Gasteiger partial charge in [-0.25, -0.2) is 9.18 Å². The highest BCUT2D eigenvalue weighted by Crippen LogP contribution is 2.32. The third kappa shape index (κ3) is 4.62. The van der Waals surface area contributed by atoms with Crippen molar-refractivity contribution in [2.75, 3.05) is 31.1 Å². The zero-order valence-corrected chi connectivity index (χ0v) is 17.0. The Labute approximate surface area is 175 Å². The lowest BCUT2D eigenvalue weighted by molar-refractivity contribution is -0.119. The second-order valence-electron chi connectivity index (χ2n) is 7.97. The van der Waals surface area contributed by atoms with Crippen molar-refractivity contribution in [3.63, 3.8) is 0 Å². The smallest absolute Gasteiger partial charge is 0.414 e. The number of nitrogens with one attached hydrogen (secondary N) is 1. The number of carbonyl (C=O) groups is 2. The molecule has 2 fully saturated rings. The van der Waals surface area contributed by atoms with Crippen LogP contribution in [-0.4, -0.2) is 49.2 Å². The molecule has 0 spiro atoms. The number of anilines is 1. The van der Waals surface area contributed by atoms with E-state index < -0.39 is 12.2 Å². The zero-order chi connectivity index (χ0) is 21.1. The number of benzene rings is 2. The number of amides is 2. The number of nitrogens with zero attached hydrogens (tertiary/aromatic N) is 2. The third-order valence-electron chi connectivity index (χ3n) is 5.71. The topological polar surface area (TPSA) is 61.9 Å². The highest BCUT2D eigenvalue weighted by Gasteiger charge is 2.33. The molecule has 0 aliphatic carbocycles. The second-order valence-corrected chi connectivity index (χ2v) is 7.97. The van der Waals surface area contributed by atoms with Crippen LogP contribution in [0.3, 0.4) is 0 Å². The Morgan fingerprint density at radius 1 is 1.20 bits per heavy atom. The number of carbonyl (C=O) groups excluding carboxylic acids is 2. The molecular weight excluding hydrogens is 385 g/mol. The SMILES string of the molecule is CC(=O)NCC1CN(c2ccc(C3CCN(Cc4ccccc4)C3)c(F)c2)C(=O)O1. The number of cyclic esters (lactones) is 1. The van der Waals surface area contributed by atoms with E-state index in [2.05, 4.69) is 22.3 Å². The third-order valence-corrected chi connectivity index (χ3v) is 5.71. The molecule has 30 heavy (non-hydrogen) atoms. The van der Waals surface area contributed by atoms with Crippen LogP contribution >= 0.6 is 0 Å². The van der Waals surface area contributed by atoms with Crippen LogP contribution in [0.2, 0.25) is 0 Å². The first-order valence-electron chi connectivity index (χ1n) is 10.3. The van der Waals surface area contributed by atoms with Crippen LogP contribution in [0.4, 0.5) is 14.9 Å². The molecule has 6 nitrogen and oxygen atoms in total. The zero-order valence-electron chi connectivity index (χ0n) is 17.0. The van der Waals surface area contributed by atoms with Gasteiger partial charge in [0.05, 0.1) is 18.8 Å². The molecule has 0 radical (unpaired) electrons. The number of ether oxygens (including phenoxy) is 1. The molecule has 7 heteroatoms. The van der Waals surface area contributed by atoms with Crippen LogP contribution in [0, 0.1) is 5.82 Å². The van der Waals surface area contributed by atoms with E-state index >= 15 is 0 Å². The van der Waals surface area contributed by atoms with Gasteiger partial charge in [-0.1, -0.05) is 36.4 Å². The molecule has 1 N–H and O–H groups in total. The Morgan fingerprint density at radius 2 is 2.00 bits per heavy atom. The van der Waals surface area contributed by atoms with Gasteiger partial charge >= 0.3 is 6.09 Å². The Hall–Kier alpha value is -2.93. The van der Waals surface area contributed by atoms with E-state index in [1.54, 1.807) is 12.1 Å². The van der Waals surface area contributed by atoms with Crippen molar-refractivity contribution < 1.29 is 18.7 Å². The van der Waals surface area contributed by atoms with Crippen LogP contribution in [-0.2, 0) is 16.1 Å². The predicted molar refractivity (Wildman–Crippen MR) is 112 cm³/mol. The lowest BCUT2D eigenvalue weighted by Crippen LogP contribution is -2.33. The van der Waals surface area contributed by atoms with Gasteiger partial charge in [-0.05, 0) is 36.2 Å². The fourth-order valence-corrected chi connectivity index (χ4v) is 4.18. The molecule has 2 amide bonds. The maximum Gasteiger partial charge on any atom is 0.414 e. The van der Waals surface area contributed by atoms with Gasteiger partial charge in [0, 0.05) is 25.9 Å². The summed E-state index contributed by atoms with van der Waals surface area (Å²) in [6, 6.07) is 15.3. The largest absolute Gasteiger partial charge is 0.442 e. The van der Waals surface area contributed by atoms with Crippen LogP contribution in [0.15, 0.2) is 48.5 Å². The van der Waals surface area contributed by atoms with Gasteiger partial charge < -0.3 is 10.1 Å². The predicted octanol–water partition coefficient (Wildman–Crippen LogP) is 3.28. The minimum Gasteiger partial charge on any atom is -0.442 e. The van der Waals surface area contributed by atoms with Crippen LogP contribution < -0.4 is 10.2 Å². The van der Waals surface area contributed by atoms with Gasteiger partial charge in [0.1, 0.15) is 11.9 Å². The molecule has 2 heterocycles. The van der Waals surface area contributed by atoms with Gasteiger partial charge in [0.2, 0.25) is 5.91 Å². The van der Waals surface area contributed by atoms with E-state index in [0.29, 0.717) is 11.3 Å². The van der Waals surface area contributed by atoms with Gasteiger partial charge in [-0.2, -0.15) is 0 Å². The molecule has 2 aromatic carbocycles. The number of hydrogen-bond acceptors (Lipinski definition) is 4. The molecule has 0 aromatic heterocycles. The average molecular weight is 411 g/mol. The van der Waals surface area contributed by atoms with E-state index in [4.69, 9.17) is 4.74 Å². The van der Waals surface area contributed by atoms with Crippen molar-refractivity contribution in [1.82, 2.24) is 10.2 Å². The minimum atomic E-state index is -0.521. The summed E-state index contributed by atoms with van der Waals surface area (Å²) in [7, 11) is 0. The lowest BCUT2D eigenvalue weighted by atomic mass is 9.97. The second kappa shape index (κ2) is 8.83.